The van der Waals surface area contributed by atoms with E-state index < -0.39 is 6.10 Å². The molecule has 2 saturated heterocycles. The average Bonchev–Trinajstić information content (AvgIpc) is 3.48. The maximum Gasteiger partial charge on any atom is 0.322 e. The largest absolute Gasteiger partial charge is 0.391 e. The van der Waals surface area contributed by atoms with E-state index in [-0.39, 0.29) is 17.9 Å². The normalized spacial score (nSPS) is 21.3. The first-order valence-corrected chi connectivity index (χ1v) is 11.1. The van der Waals surface area contributed by atoms with Crippen LogP contribution in [0.2, 0.25) is 0 Å². The maximum atomic E-state index is 13.6. The van der Waals surface area contributed by atoms with Gasteiger partial charge in [0.05, 0.1) is 18.3 Å². The third-order valence-electron chi connectivity index (χ3n) is 5.92. The molecule has 0 unspecified atom stereocenters. The predicted octanol–water partition coefficient (Wildman–Crippen LogP) is 3.57. The Morgan fingerprint density at radius 1 is 1.26 bits per heavy atom. The first-order valence-electron chi connectivity index (χ1n) is 10.3. The highest BCUT2D eigenvalue weighted by molar-refractivity contribution is 9.10. The number of carbonyl (C=O) groups is 1. The summed E-state index contributed by atoms with van der Waals surface area (Å²) in [5.41, 5.74) is 2.09. The van der Waals surface area contributed by atoms with E-state index in [0.29, 0.717) is 30.8 Å². The number of nitrogens with zero attached hydrogens (tertiary/aromatic N) is 5. The minimum Gasteiger partial charge on any atom is -0.391 e. The van der Waals surface area contributed by atoms with E-state index in [1.165, 1.54) is 12.1 Å². The fourth-order valence-electron chi connectivity index (χ4n) is 4.36. The summed E-state index contributed by atoms with van der Waals surface area (Å²) in [5.74, 6) is 0.503. The number of carbonyl (C=O) groups excluding carboxylic acids is 1. The Balaban J connectivity index is 1.42. The molecule has 8 nitrogen and oxygen atoms in total. The van der Waals surface area contributed by atoms with Crippen LogP contribution in [0.4, 0.5) is 20.7 Å². The average molecular weight is 489 g/mol. The smallest absolute Gasteiger partial charge is 0.322 e. The Hall–Kier alpha value is -2.72. The number of hydrogen-bond donors (Lipinski definition) is 2. The van der Waals surface area contributed by atoms with Gasteiger partial charge in [-0.05, 0) is 43.0 Å². The Kier molecular flexibility index (Phi) is 5.27. The third-order valence-corrected chi connectivity index (χ3v) is 6.60. The molecule has 0 aliphatic carbocycles. The molecule has 2 amide bonds. The van der Waals surface area contributed by atoms with Crippen molar-refractivity contribution < 1.29 is 14.3 Å². The Bertz CT molecular complexity index is 1140. The van der Waals surface area contributed by atoms with Crippen molar-refractivity contribution in [2.24, 2.45) is 0 Å². The van der Waals surface area contributed by atoms with Gasteiger partial charge in [-0.1, -0.05) is 22.0 Å². The molecule has 0 spiro atoms. The molecular formula is C21H22BrFN6O2. The summed E-state index contributed by atoms with van der Waals surface area (Å²) in [6.07, 6.45) is 5.45. The monoisotopic (exact) mass is 488 g/mol. The first kappa shape index (κ1) is 20.2. The zero-order valence-electron chi connectivity index (χ0n) is 16.7. The van der Waals surface area contributed by atoms with Crippen LogP contribution in [0.1, 0.15) is 30.9 Å². The second kappa shape index (κ2) is 8.08. The lowest BCUT2D eigenvalue weighted by atomic mass is 10.0. The fourth-order valence-corrected chi connectivity index (χ4v) is 4.98. The van der Waals surface area contributed by atoms with Gasteiger partial charge in [0, 0.05) is 30.3 Å². The topological polar surface area (TPSA) is 86.0 Å². The number of urea groups is 1. The maximum absolute atomic E-state index is 13.6. The van der Waals surface area contributed by atoms with Crippen molar-refractivity contribution in [2.45, 2.75) is 31.4 Å². The first-order chi connectivity index (χ1) is 15.0. The highest BCUT2D eigenvalue weighted by Gasteiger charge is 2.29. The van der Waals surface area contributed by atoms with Crippen LogP contribution in [0, 0.1) is 5.82 Å². The van der Waals surface area contributed by atoms with Gasteiger partial charge >= 0.3 is 6.03 Å². The number of fused-ring (bicyclic) bond motifs is 1. The zero-order valence-corrected chi connectivity index (χ0v) is 18.3. The van der Waals surface area contributed by atoms with Crippen molar-refractivity contribution in [3.63, 3.8) is 0 Å². The molecule has 2 aliphatic heterocycles. The van der Waals surface area contributed by atoms with Gasteiger partial charge in [0.25, 0.3) is 0 Å². The fraction of sp³-hybridized carbons (Fsp3) is 0.381. The molecule has 0 radical (unpaired) electrons. The van der Waals surface area contributed by atoms with Crippen molar-refractivity contribution in [1.29, 1.82) is 0 Å². The number of aliphatic hydroxyl groups is 1. The molecule has 4 heterocycles. The van der Waals surface area contributed by atoms with Gasteiger partial charge in [-0.15, -0.1) is 0 Å². The molecule has 2 fully saturated rings. The molecule has 3 aromatic rings. The highest BCUT2D eigenvalue weighted by Crippen LogP contribution is 2.38. The molecule has 0 saturated carbocycles. The van der Waals surface area contributed by atoms with Crippen LogP contribution in [-0.2, 0) is 0 Å². The zero-order chi connectivity index (χ0) is 21.5. The predicted molar refractivity (Wildman–Crippen MR) is 118 cm³/mol. The van der Waals surface area contributed by atoms with E-state index in [1.54, 1.807) is 15.6 Å². The number of anilines is 2. The Morgan fingerprint density at radius 2 is 2.13 bits per heavy atom. The summed E-state index contributed by atoms with van der Waals surface area (Å²) in [4.78, 5) is 21.1. The summed E-state index contributed by atoms with van der Waals surface area (Å²) < 4.78 is 15.9. The Morgan fingerprint density at radius 3 is 2.90 bits per heavy atom. The number of likely N-dealkylation sites (tertiary alicyclic amines) is 1. The van der Waals surface area contributed by atoms with Gasteiger partial charge in [-0.3, -0.25) is 0 Å². The number of rotatable bonds is 3. The van der Waals surface area contributed by atoms with Crippen molar-refractivity contribution in [2.75, 3.05) is 29.9 Å². The number of amides is 2. The van der Waals surface area contributed by atoms with E-state index in [0.717, 1.165) is 35.2 Å². The van der Waals surface area contributed by atoms with Crippen molar-refractivity contribution >= 4 is 39.1 Å². The number of benzene rings is 1. The molecule has 0 bridgehead atoms. The molecule has 31 heavy (non-hydrogen) atoms. The number of hydrogen-bond acceptors (Lipinski definition) is 5. The third kappa shape index (κ3) is 3.85. The second-order valence-electron chi connectivity index (χ2n) is 7.95. The minimum absolute atomic E-state index is 0.0805. The van der Waals surface area contributed by atoms with Gasteiger partial charge < -0.3 is 20.2 Å². The molecule has 5 rings (SSSR count). The van der Waals surface area contributed by atoms with Crippen molar-refractivity contribution in [3.05, 3.63) is 52.5 Å². The molecule has 2 N–H and O–H groups in total. The van der Waals surface area contributed by atoms with E-state index >= 15 is 0 Å². The van der Waals surface area contributed by atoms with Gasteiger partial charge in [0.2, 0.25) is 0 Å². The Labute approximate surface area is 186 Å². The molecule has 162 valence electrons. The van der Waals surface area contributed by atoms with Crippen molar-refractivity contribution in [3.8, 4) is 0 Å². The number of nitrogens with one attached hydrogen (secondary N) is 1. The summed E-state index contributed by atoms with van der Waals surface area (Å²) >= 11 is 3.49. The van der Waals surface area contributed by atoms with Crippen molar-refractivity contribution in [1.82, 2.24) is 19.5 Å². The summed E-state index contributed by atoms with van der Waals surface area (Å²) in [6.45, 7) is 1.68. The summed E-state index contributed by atoms with van der Waals surface area (Å²) in [6, 6.07) is 6.49. The molecule has 1 aromatic carbocycles. The molecule has 2 aromatic heterocycles. The molecule has 2 aliphatic rings. The van der Waals surface area contributed by atoms with Gasteiger partial charge in [-0.25, -0.2) is 18.7 Å². The lowest BCUT2D eigenvalue weighted by Crippen LogP contribution is -2.33. The molecule has 2 atom stereocenters. The number of aliphatic hydroxyl groups excluding tert-OH is 1. The van der Waals surface area contributed by atoms with Crippen LogP contribution in [0.25, 0.3) is 5.65 Å². The number of β-amino-alcohol motifs (C(OH)–C–C–N with tert-alkyl or cyclic N) is 1. The van der Waals surface area contributed by atoms with Crippen LogP contribution in [0.5, 0.6) is 0 Å². The molecular weight excluding hydrogens is 467 g/mol. The van der Waals surface area contributed by atoms with Crippen LogP contribution >= 0.6 is 15.9 Å². The lowest BCUT2D eigenvalue weighted by molar-refractivity contribution is 0.176. The lowest BCUT2D eigenvalue weighted by Gasteiger charge is -2.27. The second-order valence-corrected chi connectivity index (χ2v) is 8.80. The standard InChI is InChI=1S/C21H22BrFN6O2/c22-16-10-13(23)3-4-15(16)18-2-1-7-28(18)19-6-9-29-20(26-19)17(11-24-29)25-21(31)27-8-5-14(30)12-27/h3-4,6,9-11,14,18,30H,1-2,5,7-8,12H2,(H,25,31)/t14-,18+/m0/s1. The van der Waals surface area contributed by atoms with Crippen LogP contribution in [0.15, 0.2) is 41.1 Å². The number of halogens is 2. The highest BCUT2D eigenvalue weighted by atomic mass is 79.9. The van der Waals surface area contributed by atoms with E-state index in [4.69, 9.17) is 4.98 Å². The van der Waals surface area contributed by atoms with Crippen LogP contribution < -0.4 is 10.2 Å². The van der Waals surface area contributed by atoms with Gasteiger partial charge in [0.1, 0.15) is 17.3 Å². The quantitative estimate of drug-likeness (QED) is 0.588. The van der Waals surface area contributed by atoms with Crippen LogP contribution in [0.3, 0.4) is 0 Å². The summed E-state index contributed by atoms with van der Waals surface area (Å²) in [5, 5.41) is 16.8. The van der Waals surface area contributed by atoms with Gasteiger partial charge in [0.15, 0.2) is 5.65 Å². The minimum atomic E-state index is -0.475. The summed E-state index contributed by atoms with van der Waals surface area (Å²) in [7, 11) is 0. The number of aromatic nitrogens is 3. The van der Waals surface area contributed by atoms with Crippen LogP contribution in [-0.4, -0.2) is 56.4 Å². The molecule has 10 heteroatoms. The van der Waals surface area contributed by atoms with Gasteiger partial charge in [-0.2, -0.15) is 5.10 Å². The SMILES string of the molecule is O=C(Nc1cnn2ccc(N3CCC[C@@H]3c3ccc(F)cc3Br)nc12)N1CC[C@H](O)C1. The van der Waals surface area contributed by atoms with E-state index in [2.05, 4.69) is 31.2 Å². The van der Waals surface area contributed by atoms with E-state index in [1.807, 2.05) is 18.3 Å². The van der Waals surface area contributed by atoms with E-state index in [9.17, 15) is 14.3 Å².